The first kappa shape index (κ1) is 13.9. The summed E-state index contributed by atoms with van der Waals surface area (Å²) in [6.45, 7) is 1.62. The van der Waals surface area contributed by atoms with Gasteiger partial charge in [0.15, 0.2) is 0 Å². The number of primary amides is 1. The number of aromatic carboxylic acids is 1. The maximum Gasteiger partial charge on any atom is 0.314 e. The van der Waals surface area contributed by atoms with Crippen LogP contribution in [0.25, 0.3) is 0 Å². The Bertz CT molecular complexity index is 533. The molecule has 0 radical (unpaired) electrons. The van der Waals surface area contributed by atoms with Gasteiger partial charge in [-0.25, -0.2) is 4.79 Å². The maximum atomic E-state index is 12.2. The fourth-order valence-electron chi connectivity index (χ4n) is 2.06. The Labute approximate surface area is 115 Å². The molecule has 7 nitrogen and oxygen atoms in total. The Morgan fingerprint density at radius 2 is 1.35 bits per heavy atom. The van der Waals surface area contributed by atoms with Gasteiger partial charge < -0.3 is 25.4 Å². The van der Waals surface area contributed by atoms with E-state index in [1.807, 2.05) is 0 Å². The monoisotopic (exact) mass is 276 g/mol. The number of benzene rings is 1. The normalized spacial score (nSPS) is 15.0. The molecule has 0 aromatic heterocycles. The van der Waals surface area contributed by atoms with Crippen LogP contribution in [0.3, 0.4) is 0 Å². The third kappa shape index (κ3) is 2.87. The van der Waals surface area contributed by atoms with Crippen LogP contribution in [0.4, 0.5) is 4.79 Å². The van der Waals surface area contributed by atoms with E-state index >= 15 is 0 Å². The smallest absolute Gasteiger partial charge is 0.314 e. The quantitative estimate of drug-likeness (QED) is 0.738. The Balaban J connectivity index is 2.01. The van der Waals surface area contributed by atoms with Crippen molar-refractivity contribution in [2.75, 3.05) is 26.2 Å². The van der Waals surface area contributed by atoms with Crippen molar-refractivity contribution >= 4 is 17.9 Å². The summed E-state index contributed by atoms with van der Waals surface area (Å²) in [4.78, 5) is 36.9. The highest BCUT2D eigenvalue weighted by Crippen LogP contribution is 2.10. The minimum absolute atomic E-state index is 0.0279. The molecule has 1 saturated heterocycles. The van der Waals surface area contributed by atoms with Crippen LogP contribution >= 0.6 is 0 Å². The average Bonchev–Trinajstić information content (AvgIpc) is 2.46. The highest BCUT2D eigenvalue weighted by Gasteiger charge is 2.23. The average molecular weight is 276 g/mol. The summed E-state index contributed by atoms with van der Waals surface area (Å²) in [6, 6.07) is 5.09. The van der Waals surface area contributed by atoms with E-state index in [0.717, 1.165) is 0 Å². The molecule has 1 heterocycles. The molecule has 0 bridgehead atoms. The van der Waals surface area contributed by atoms with Crippen LogP contribution in [0.1, 0.15) is 20.7 Å². The highest BCUT2D eigenvalue weighted by atomic mass is 16.4. The van der Waals surface area contributed by atoms with Crippen LogP contribution in [0, 0.1) is 0 Å². The lowest BCUT2D eigenvalue weighted by molar-refractivity contribution is -0.255. The first-order chi connectivity index (χ1) is 9.49. The summed E-state index contributed by atoms with van der Waals surface area (Å²) in [5.74, 6) is -1.47. The first-order valence-corrected chi connectivity index (χ1v) is 6.14. The molecule has 1 aliphatic heterocycles. The Morgan fingerprint density at radius 1 is 0.900 bits per heavy atom. The largest absolute Gasteiger partial charge is 0.545 e. The highest BCUT2D eigenvalue weighted by molar-refractivity contribution is 5.95. The number of carbonyl (C=O) groups is 3. The summed E-state index contributed by atoms with van der Waals surface area (Å²) in [6.07, 6.45) is 0. The van der Waals surface area contributed by atoms with Crippen molar-refractivity contribution < 1.29 is 19.5 Å². The lowest BCUT2D eigenvalue weighted by atomic mass is 10.1. The zero-order valence-corrected chi connectivity index (χ0v) is 10.7. The number of carboxylic acids is 1. The molecule has 1 aliphatic rings. The number of nitrogens with two attached hydrogens (primary N) is 1. The van der Waals surface area contributed by atoms with Gasteiger partial charge in [0, 0.05) is 31.7 Å². The third-order valence-electron chi connectivity index (χ3n) is 3.25. The number of nitrogens with zero attached hydrogens (tertiary/aromatic N) is 2. The standard InChI is InChI=1S/C13H15N3O4/c14-13(20)16-7-5-15(6-8-16)11(17)9-1-3-10(4-2-9)12(18)19/h1-4H,5-8H2,(H2,14,20)(H,18,19)/p-1. The Hall–Kier alpha value is -2.57. The van der Waals surface area contributed by atoms with E-state index in [0.29, 0.717) is 31.7 Å². The summed E-state index contributed by atoms with van der Waals surface area (Å²) in [7, 11) is 0. The number of amides is 3. The van der Waals surface area contributed by atoms with Gasteiger partial charge in [0.05, 0.1) is 5.97 Å². The van der Waals surface area contributed by atoms with E-state index in [2.05, 4.69) is 0 Å². The van der Waals surface area contributed by atoms with Gasteiger partial charge in [0.1, 0.15) is 0 Å². The minimum Gasteiger partial charge on any atom is -0.545 e. The van der Waals surface area contributed by atoms with E-state index in [-0.39, 0.29) is 11.5 Å². The van der Waals surface area contributed by atoms with Crippen molar-refractivity contribution in [3.63, 3.8) is 0 Å². The van der Waals surface area contributed by atoms with Crippen molar-refractivity contribution in [3.8, 4) is 0 Å². The molecule has 2 N–H and O–H groups in total. The van der Waals surface area contributed by atoms with Gasteiger partial charge >= 0.3 is 6.03 Å². The van der Waals surface area contributed by atoms with Crippen molar-refractivity contribution in [2.24, 2.45) is 5.73 Å². The van der Waals surface area contributed by atoms with Crippen molar-refractivity contribution in [1.82, 2.24) is 9.80 Å². The first-order valence-electron chi connectivity index (χ1n) is 6.14. The van der Waals surface area contributed by atoms with Gasteiger partial charge in [0.25, 0.3) is 5.91 Å². The zero-order valence-electron chi connectivity index (χ0n) is 10.7. The fourth-order valence-corrected chi connectivity index (χ4v) is 2.06. The summed E-state index contributed by atoms with van der Waals surface area (Å²) in [5.41, 5.74) is 5.60. The van der Waals surface area contributed by atoms with Gasteiger partial charge in [0.2, 0.25) is 0 Å². The third-order valence-corrected chi connectivity index (χ3v) is 3.25. The van der Waals surface area contributed by atoms with Crippen LogP contribution in [-0.2, 0) is 0 Å². The van der Waals surface area contributed by atoms with Gasteiger partial charge in [-0.2, -0.15) is 0 Å². The molecule has 0 atom stereocenters. The molecule has 106 valence electrons. The molecule has 0 saturated carbocycles. The van der Waals surface area contributed by atoms with Crippen molar-refractivity contribution in [2.45, 2.75) is 0 Å². The molecule has 20 heavy (non-hydrogen) atoms. The van der Waals surface area contributed by atoms with Gasteiger partial charge in [-0.15, -0.1) is 0 Å². The van der Waals surface area contributed by atoms with Crippen LogP contribution in [-0.4, -0.2) is 53.9 Å². The lowest BCUT2D eigenvalue weighted by Crippen LogP contribution is -2.52. The summed E-state index contributed by atoms with van der Waals surface area (Å²) >= 11 is 0. The molecule has 3 amide bonds. The second-order valence-corrected chi connectivity index (χ2v) is 4.48. The number of hydrogen-bond donors (Lipinski definition) is 1. The van der Waals surface area contributed by atoms with Gasteiger partial charge in [-0.1, -0.05) is 12.1 Å². The second kappa shape index (κ2) is 5.60. The van der Waals surface area contributed by atoms with Crippen LogP contribution in [0.5, 0.6) is 0 Å². The molecule has 0 aliphatic carbocycles. The lowest BCUT2D eigenvalue weighted by Gasteiger charge is -2.33. The molecule has 2 rings (SSSR count). The summed E-state index contributed by atoms with van der Waals surface area (Å²) < 4.78 is 0. The maximum absolute atomic E-state index is 12.2. The molecule has 0 spiro atoms. The van der Waals surface area contributed by atoms with E-state index in [4.69, 9.17) is 5.73 Å². The Kier molecular flexibility index (Phi) is 3.88. The zero-order chi connectivity index (χ0) is 14.7. The second-order valence-electron chi connectivity index (χ2n) is 4.48. The molecule has 1 fully saturated rings. The topological polar surface area (TPSA) is 107 Å². The molecular formula is C13H14N3O4-. The number of carboxylic acid groups (broad SMARTS) is 1. The van der Waals surface area contributed by atoms with Crippen LogP contribution in [0.15, 0.2) is 24.3 Å². The molecule has 1 aromatic carbocycles. The van der Waals surface area contributed by atoms with E-state index < -0.39 is 12.0 Å². The van der Waals surface area contributed by atoms with E-state index in [1.54, 1.807) is 4.90 Å². The molecule has 7 heteroatoms. The van der Waals surface area contributed by atoms with Crippen LogP contribution in [0.2, 0.25) is 0 Å². The predicted molar refractivity (Wildman–Crippen MR) is 67.8 cm³/mol. The number of hydrogen-bond acceptors (Lipinski definition) is 4. The minimum atomic E-state index is -1.28. The molecule has 1 aromatic rings. The van der Waals surface area contributed by atoms with Gasteiger partial charge in [-0.05, 0) is 17.7 Å². The van der Waals surface area contributed by atoms with Gasteiger partial charge in [-0.3, -0.25) is 4.79 Å². The number of urea groups is 1. The van der Waals surface area contributed by atoms with Crippen molar-refractivity contribution in [3.05, 3.63) is 35.4 Å². The molecule has 0 unspecified atom stereocenters. The number of piperazine rings is 1. The van der Waals surface area contributed by atoms with Crippen LogP contribution < -0.4 is 10.8 Å². The number of rotatable bonds is 2. The fraction of sp³-hybridized carbons (Fsp3) is 0.308. The van der Waals surface area contributed by atoms with Crippen molar-refractivity contribution in [1.29, 1.82) is 0 Å². The summed E-state index contributed by atoms with van der Waals surface area (Å²) in [5, 5.41) is 10.6. The predicted octanol–water partition coefficient (Wildman–Crippen LogP) is -1.11. The Morgan fingerprint density at radius 3 is 1.80 bits per heavy atom. The SMILES string of the molecule is NC(=O)N1CCN(C(=O)c2ccc(C(=O)[O-])cc2)CC1. The van der Waals surface area contributed by atoms with E-state index in [1.165, 1.54) is 29.2 Å². The van der Waals surface area contributed by atoms with E-state index in [9.17, 15) is 19.5 Å². The molecular weight excluding hydrogens is 262 g/mol. The number of carbonyl (C=O) groups excluding carboxylic acids is 3.